The van der Waals surface area contributed by atoms with E-state index in [0.29, 0.717) is 39.7 Å². The summed E-state index contributed by atoms with van der Waals surface area (Å²) in [6, 6.07) is 11.4. The van der Waals surface area contributed by atoms with E-state index in [4.69, 9.17) is 14.2 Å². The third kappa shape index (κ3) is 9.68. The predicted octanol–water partition coefficient (Wildman–Crippen LogP) is 1.21. The number of fused-ring (bicyclic) bond motifs is 2. The number of nitrogens with zero attached hydrogens (tertiary/aromatic N) is 3. The molecular formula is C42H52N6O10. The number of carbonyl (C=O) groups excluding carboxylic acids is 6. The standard InChI is InChI=1S/C42H52N6O10/c1-23-37(50)45-36(25(3)49)42(55)47(5)31(19-26-9-14-29(56-7)15-10-26)39(52)44-24(2)40(53)48(6)33-20-27-11-16-30(17-12-27)58-35-22-28(13-18-34(35)57-8)21-32(38(51)43-23)46(4)41(33)54/h9-18,22-25,31-33,36,49H,19-21H2,1-8H3,(H,43,51)(H,44,52)(H,45,50)/t23-,24+,25?,31+,32+,33+,36+/m1/s1. The van der Waals surface area contributed by atoms with Gasteiger partial charge in [0.05, 0.1) is 20.3 Å². The normalized spacial score (nSPS) is 24.5. The quantitative estimate of drug-likeness (QED) is 0.291. The number of methoxy groups -OCH3 is 2. The minimum atomic E-state index is -1.53. The second kappa shape index (κ2) is 18.4. The summed E-state index contributed by atoms with van der Waals surface area (Å²) in [4.78, 5) is 88.8. The second-order valence-electron chi connectivity index (χ2n) is 14.8. The molecule has 6 bridgehead atoms. The number of nitrogens with one attached hydrogen (secondary N) is 3. The number of rotatable bonds is 5. The highest BCUT2D eigenvalue weighted by atomic mass is 16.5. The van der Waals surface area contributed by atoms with E-state index in [2.05, 4.69) is 16.0 Å². The highest BCUT2D eigenvalue weighted by Gasteiger charge is 2.40. The van der Waals surface area contributed by atoms with E-state index in [1.54, 1.807) is 66.7 Å². The number of ether oxygens (including phenoxy) is 3. The van der Waals surface area contributed by atoms with Crippen molar-refractivity contribution in [2.24, 2.45) is 0 Å². The average molecular weight is 801 g/mol. The molecule has 0 spiro atoms. The first-order valence-electron chi connectivity index (χ1n) is 19.0. The van der Waals surface area contributed by atoms with Gasteiger partial charge in [0.15, 0.2) is 11.5 Å². The summed E-state index contributed by atoms with van der Waals surface area (Å²) in [5, 5.41) is 18.7. The Bertz CT molecular complexity index is 2010. The van der Waals surface area contributed by atoms with Crippen LogP contribution in [0.5, 0.6) is 23.0 Å². The molecule has 16 nitrogen and oxygen atoms in total. The van der Waals surface area contributed by atoms with Gasteiger partial charge in [-0.05, 0) is 73.9 Å². The molecule has 0 radical (unpaired) electrons. The van der Waals surface area contributed by atoms with Crippen LogP contribution < -0.4 is 30.2 Å². The number of hydrogen-bond donors (Lipinski definition) is 4. The minimum Gasteiger partial charge on any atom is -0.497 e. The van der Waals surface area contributed by atoms with Crippen molar-refractivity contribution in [2.75, 3.05) is 35.4 Å². The topological polar surface area (TPSA) is 196 Å². The van der Waals surface area contributed by atoms with Gasteiger partial charge in [-0.1, -0.05) is 30.3 Å². The van der Waals surface area contributed by atoms with Gasteiger partial charge in [0.1, 0.15) is 47.8 Å². The zero-order chi connectivity index (χ0) is 42.4. The molecule has 3 aliphatic rings. The zero-order valence-electron chi connectivity index (χ0n) is 34.0. The minimum absolute atomic E-state index is 0.00948. The monoisotopic (exact) mass is 800 g/mol. The Balaban J connectivity index is 1.60. The molecule has 1 saturated heterocycles. The molecule has 0 aromatic heterocycles. The molecule has 1 fully saturated rings. The Labute approximate surface area is 337 Å². The van der Waals surface area contributed by atoms with Crippen LogP contribution in [0.25, 0.3) is 0 Å². The molecule has 7 atom stereocenters. The van der Waals surface area contributed by atoms with Gasteiger partial charge < -0.3 is 50.0 Å². The van der Waals surface area contributed by atoms with E-state index in [0.717, 1.165) is 4.90 Å². The van der Waals surface area contributed by atoms with Crippen LogP contribution in [-0.2, 0) is 48.0 Å². The molecule has 58 heavy (non-hydrogen) atoms. The molecule has 3 aliphatic heterocycles. The fourth-order valence-corrected chi connectivity index (χ4v) is 7.01. The average Bonchev–Trinajstić information content (AvgIpc) is 3.21. The van der Waals surface area contributed by atoms with Crippen molar-refractivity contribution in [3.63, 3.8) is 0 Å². The van der Waals surface area contributed by atoms with Crippen LogP contribution >= 0.6 is 0 Å². The van der Waals surface area contributed by atoms with E-state index in [1.807, 2.05) is 0 Å². The molecular weight excluding hydrogens is 748 g/mol. The van der Waals surface area contributed by atoms with Gasteiger partial charge in [0.2, 0.25) is 35.4 Å². The molecule has 3 heterocycles. The molecule has 3 aromatic carbocycles. The largest absolute Gasteiger partial charge is 0.497 e. The fourth-order valence-electron chi connectivity index (χ4n) is 7.01. The van der Waals surface area contributed by atoms with Gasteiger partial charge >= 0.3 is 0 Å². The maximum atomic E-state index is 14.7. The van der Waals surface area contributed by atoms with Gasteiger partial charge in [-0.15, -0.1) is 0 Å². The lowest BCUT2D eigenvalue weighted by Crippen LogP contribution is -2.63. The van der Waals surface area contributed by atoms with Crippen molar-refractivity contribution in [3.8, 4) is 23.0 Å². The Morgan fingerprint density at radius 1 is 0.690 bits per heavy atom. The highest BCUT2D eigenvalue weighted by molar-refractivity contribution is 5.98. The Morgan fingerprint density at radius 3 is 1.91 bits per heavy atom. The summed E-state index contributed by atoms with van der Waals surface area (Å²) in [5.41, 5.74) is 1.92. The van der Waals surface area contributed by atoms with Gasteiger partial charge in [0.25, 0.3) is 0 Å². The molecule has 0 saturated carbocycles. The summed E-state index contributed by atoms with van der Waals surface area (Å²) in [6.45, 7) is 4.19. The van der Waals surface area contributed by atoms with E-state index in [-0.39, 0.29) is 19.3 Å². The van der Waals surface area contributed by atoms with Crippen molar-refractivity contribution in [3.05, 3.63) is 83.4 Å². The van der Waals surface area contributed by atoms with Gasteiger partial charge in [0, 0.05) is 40.4 Å². The van der Waals surface area contributed by atoms with Crippen LogP contribution in [0, 0.1) is 0 Å². The molecule has 6 amide bonds. The molecule has 3 aromatic rings. The summed E-state index contributed by atoms with van der Waals surface area (Å²) in [7, 11) is 7.28. The predicted molar refractivity (Wildman–Crippen MR) is 212 cm³/mol. The third-order valence-electron chi connectivity index (χ3n) is 10.7. The molecule has 4 N–H and O–H groups in total. The van der Waals surface area contributed by atoms with Crippen LogP contribution in [0.2, 0.25) is 0 Å². The summed E-state index contributed by atoms with van der Waals surface area (Å²) in [5.74, 6) is -2.29. The van der Waals surface area contributed by atoms with E-state index in [9.17, 15) is 33.9 Å². The first kappa shape index (κ1) is 43.0. The highest BCUT2D eigenvalue weighted by Crippen LogP contribution is 2.34. The SMILES string of the molecule is COc1ccc(C[C@H]2C(=O)N[C@@H](C)C(=O)N(C)[C@H]3Cc4ccc(cc4)Oc4cc(ccc4OC)C[C@@H](C(=O)N[C@H](C)C(=O)N[C@@H](C(C)O)C(=O)N2C)N(C)C3=O)cc1. The Morgan fingerprint density at radius 2 is 1.29 bits per heavy atom. The molecule has 310 valence electrons. The van der Waals surface area contributed by atoms with Crippen molar-refractivity contribution in [1.29, 1.82) is 0 Å². The summed E-state index contributed by atoms with van der Waals surface area (Å²) in [6.07, 6.45) is -1.43. The number of aliphatic hydroxyl groups excluding tert-OH is 1. The summed E-state index contributed by atoms with van der Waals surface area (Å²) >= 11 is 0. The first-order valence-corrected chi connectivity index (χ1v) is 19.0. The van der Waals surface area contributed by atoms with Crippen molar-refractivity contribution < 1.29 is 48.1 Å². The van der Waals surface area contributed by atoms with Crippen LogP contribution in [0.4, 0.5) is 0 Å². The van der Waals surface area contributed by atoms with Crippen molar-refractivity contribution in [1.82, 2.24) is 30.7 Å². The first-order chi connectivity index (χ1) is 27.5. The maximum Gasteiger partial charge on any atom is 0.248 e. The number of likely N-dealkylation sites (N-methyl/N-ethyl adjacent to an activating group) is 3. The number of aliphatic hydroxyl groups is 1. The van der Waals surface area contributed by atoms with Crippen LogP contribution in [0.15, 0.2) is 66.7 Å². The molecule has 16 heteroatoms. The van der Waals surface area contributed by atoms with Gasteiger partial charge in [-0.2, -0.15) is 0 Å². The van der Waals surface area contributed by atoms with Crippen molar-refractivity contribution in [2.45, 2.75) is 82.4 Å². The van der Waals surface area contributed by atoms with Crippen LogP contribution in [-0.4, -0.2) is 133 Å². The zero-order valence-corrected chi connectivity index (χ0v) is 34.0. The maximum absolute atomic E-state index is 14.7. The number of benzene rings is 3. The molecule has 6 rings (SSSR count). The van der Waals surface area contributed by atoms with Crippen LogP contribution in [0.3, 0.4) is 0 Å². The second-order valence-corrected chi connectivity index (χ2v) is 14.8. The van der Waals surface area contributed by atoms with Crippen LogP contribution in [0.1, 0.15) is 37.5 Å². The lowest BCUT2D eigenvalue weighted by Gasteiger charge is -2.37. The number of amides is 6. The molecule has 1 unspecified atom stereocenters. The van der Waals surface area contributed by atoms with Crippen molar-refractivity contribution >= 4 is 35.4 Å². The van der Waals surface area contributed by atoms with E-state index >= 15 is 0 Å². The lowest BCUT2D eigenvalue weighted by atomic mass is 9.98. The fraction of sp³-hybridized carbons (Fsp3) is 0.429. The lowest BCUT2D eigenvalue weighted by molar-refractivity contribution is -0.150. The van der Waals surface area contributed by atoms with E-state index in [1.165, 1.54) is 65.9 Å². The number of hydrogen-bond acceptors (Lipinski definition) is 10. The molecule has 0 aliphatic carbocycles. The third-order valence-corrected chi connectivity index (χ3v) is 10.7. The van der Waals surface area contributed by atoms with E-state index < -0.39 is 77.8 Å². The Hall–Kier alpha value is -6.16. The summed E-state index contributed by atoms with van der Waals surface area (Å²) < 4.78 is 17.0. The Kier molecular flexibility index (Phi) is 13.6. The van der Waals surface area contributed by atoms with Gasteiger partial charge in [-0.25, -0.2) is 0 Å². The van der Waals surface area contributed by atoms with Gasteiger partial charge in [-0.3, -0.25) is 28.8 Å². The smallest absolute Gasteiger partial charge is 0.248 e. The number of carbonyl (C=O) groups is 6.